The van der Waals surface area contributed by atoms with E-state index in [1.54, 1.807) is 0 Å². The molecule has 0 saturated heterocycles. The van der Waals surface area contributed by atoms with E-state index in [2.05, 4.69) is 63.3 Å². The molecule has 1 unspecified atom stereocenters. The van der Waals surface area contributed by atoms with Crippen LogP contribution < -0.4 is 10.6 Å². The molecule has 0 spiro atoms. The summed E-state index contributed by atoms with van der Waals surface area (Å²) in [7, 11) is 0. The van der Waals surface area contributed by atoms with Gasteiger partial charge in [-0.1, -0.05) is 34.1 Å². The van der Waals surface area contributed by atoms with E-state index in [1.807, 2.05) is 6.92 Å². The molecule has 2 nitrogen and oxygen atoms in total. The van der Waals surface area contributed by atoms with Gasteiger partial charge in [-0.2, -0.15) is 0 Å². The van der Waals surface area contributed by atoms with Crippen LogP contribution in [0.25, 0.3) is 0 Å². The maximum atomic E-state index is 6.16. The van der Waals surface area contributed by atoms with Gasteiger partial charge in [-0.3, -0.25) is 0 Å². The molecule has 0 bridgehead atoms. The predicted octanol–water partition coefficient (Wildman–Crippen LogP) is 4.55. The molecule has 0 amide bonds. The number of fused-ring (bicyclic) bond motifs is 1. The smallest absolute Gasteiger partial charge is 0.0459 e. The second-order valence-corrected chi connectivity index (χ2v) is 6.29. The first-order valence-corrected chi connectivity index (χ1v) is 7.86. The summed E-state index contributed by atoms with van der Waals surface area (Å²) in [6, 6.07) is 15.1. The summed E-state index contributed by atoms with van der Waals surface area (Å²) >= 11 is 3.55. The average Bonchev–Trinajstić information content (AvgIpc) is 2.46. The number of benzene rings is 2. The van der Waals surface area contributed by atoms with Crippen LogP contribution in [0, 0.1) is 0 Å². The van der Waals surface area contributed by atoms with Crippen molar-refractivity contribution in [3.05, 3.63) is 58.1 Å². The molecule has 3 heteroatoms. The Kier molecular flexibility index (Phi) is 3.81. The van der Waals surface area contributed by atoms with Crippen LogP contribution in [-0.2, 0) is 6.42 Å². The van der Waals surface area contributed by atoms with Crippen molar-refractivity contribution in [3.8, 4) is 0 Å². The first kappa shape index (κ1) is 13.7. The number of nitrogens with two attached hydrogens (primary N) is 1. The SMILES string of the molecule is CC(N)c1cc(Br)ccc1N1CCCc2ccccc21. The molecule has 2 aromatic carbocycles. The van der Waals surface area contributed by atoms with E-state index in [9.17, 15) is 0 Å². The normalized spacial score (nSPS) is 15.8. The molecular weight excluding hydrogens is 312 g/mol. The lowest BCUT2D eigenvalue weighted by atomic mass is 9.98. The van der Waals surface area contributed by atoms with E-state index in [0.29, 0.717) is 0 Å². The van der Waals surface area contributed by atoms with Crippen LogP contribution in [0.3, 0.4) is 0 Å². The highest BCUT2D eigenvalue weighted by Crippen LogP contribution is 2.37. The molecule has 2 N–H and O–H groups in total. The molecule has 2 aromatic rings. The van der Waals surface area contributed by atoms with E-state index in [0.717, 1.165) is 17.4 Å². The lowest BCUT2D eigenvalue weighted by Crippen LogP contribution is -2.26. The summed E-state index contributed by atoms with van der Waals surface area (Å²) < 4.78 is 1.08. The fourth-order valence-corrected chi connectivity index (χ4v) is 3.30. The summed E-state index contributed by atoms with van der Waals surface area (Å²) in [4.78, 5) is 2.41. The fraction of sp³-hybridized carbons (Fsp3) is 0.294. The van der Waals surface area contributed by atoms with E-state index >= 15 is 0 Å². The number of hydrogen-bond donors (Lipinski definition) is 1. The van der Waals surface area contributed by atoms with Crippen molar-refractivity contribution >= 4 is 27.3 Å². The lowest BCUT2D eigenvalue weighted by Gasteiger charge is -2.33. The Hall–Kier alpha value is -1.32. The topological polar surface area (TPSA) is 29.3 Å². The third kappa shape index (κ3) is 2.48. The molecule has 1 aliphatic rings. The van der Waals surface area contributed by atoms with Gasteiger partial charge < -0.3 is 10.6 Å². The molecule has 0 fully saturated rings. The monoisotopic (exact) mass is 330 g/mol. The maximum Gasteiger partial charge on any atom is 0.0459 e. The fourth-order valence-electron chi connectivity index (χ4n) is 2.92. The van der Waals surface area contributed by atoms with Gasteiger partial charge in [0.15, 0.2) is 0 Å². The average molecular weight is 331 g/mol. The Morgan fingerprint density at radius 2 is 1.95 bits per heavy atom. The third-order valence-electron chi connectivity index (χ3n) is 3.88. The largest absolute Gasteiger partial charge is 0.341 e. The number of aryl methyl sites for hydroxylation is 1. The minimum Gasteiger partial charge on any atom is -0.341 e. The Bertz CT molecular complexity index is 622. The van der Waals surface area contributed by atoms with Crippen LogP contribution in [0.5, 0.6) is 0 Å². The van der Waals surface area contributed by atoms with Crippen LogP contribution in [0.2, 0.25) is 0 Å². The van der Waals surface area contributed by atoms with Gasteiger partial charge in [0.1, 0.15) is 0 Å². The third-order valence-corrected chi connectivity index (χ3v) is 4.37. The molecule has 3 rings (SSSR count). The van der Waals surface area contributed by atoms with Gasteiger partial charge in [-0.15, -0.1) is 0 Å². The highest BCUT2D eigenvalue weighted by Gasteiger charge is 2.21. The lowest BCUT2D eigenvalue weighted by molar-refractivity contribution is 0.751. The van der Waals surface area contributed by atoms with Crippen molar-refractivity contribution in [1.82, 2.24) is 0 Å². The first-order chi connectivity index (χ1) is 9.66. The quantitative estimate of drug-likeness (QED) is 0.874. The summed E-state index contributed by atoms with van der Waals surface area (Å²) in [5.41, 5.74) is 11.3. The highest BCUT2D eigenvalue weighted by atomic mass is 79.9. The van der Waals surface area contributed by atoms with Crippen LogP contribution >= 0.6 is 15.9 Å². The van der Waals surface area contributed by atoms with E-state index < -0.39 is 0 Å². The summed E-state index contributed by atoms with van der Waals surface area (Å²) in [5.74, 6) is 0. The van der Waals surface area contributed by atoms with Gasteiger partial charge >= 0.3 is 0 Å². The minimum absolute atomic E-state index is 0.0246. The molecule has 20 heavy (non-hydrogen) atoms. The van der Waals surface area contributed by atoms with Crippen molar-refractivity contribution in [3.63, 3.8) is 0 Å². The Morgan fingerprint density at radius 1 is 1.15 bits per heavy atom. The van der Waals surface area contributed by atoms with Gasteiger partial charge in [0.05, 0.1) is 0 Å². The van der Waals surface area contributed by atoms with E-state index in [4.69, 9.17) is 5.73 Å². The zero-order valence-corrected chi connectivity index (χ0v) is 13.2. The molecule has 1 aliphatic heterocycles. The Balaban J connectivity index is 2.11. The number of para-hydroxylation sites is 1. The molecule has 1 atom stereocenters. The number of rotatable bonds is 2. The van der Waals surface area contributed by atoms with Crippen LogP contribution in [0.1, 0.15) is 30.5 Å². The van der Waals surface area contributed by atoms with Crippen molar-refractivity contribution < 1.29 is 0 Å². The molecule has 0 saturated carbocycles. The summed E-state index contributed by atoms with van der Waals surface area (Å²) in [6.45, 7) is 3.10. The highest BCUT2D eigenvalue weighted by molar-refractivity contribution is 9.10. The molecular formula is C17H19BrN2. The van der Waals surface area contributed by atoms with Gasteiger partial charge in [0, 0.05) is 28.4 Å². The predicted molar refractivity (Wildman–Crippen MR) is 88.5 cm³/mol. The number of hydrogen-bond acceptors (Lipinski definition) is 2. The summed E-state index contributed by atoms with van der Waals surface area (Å²) in [6.07, 6.45) is 2.35. The van der Waals surface area contributed by atoms with Gasteiger partial charge in [0.25, 0.3) is 0 Å². The van der Waals surface area contributed by atoms with Crippen molar-refractivity contribution in [2.24, 2.45) is 5.73 Å². The van der Waals surface area contributed by atoms with Crippen molar-refractivity contribution in [2.75, 3.05) is 11.4 Å². The zero-order chi connectivity index (χ0) is 14.1. The molecule has 0 aromatic heterocycles. The van der Waals surface area contributed by atoms with Crippen LogP contribution in [0.4, 0.5) is 11.4 Å². The summed E-state index contributed by atoms with van der Waals surface area (Å²) in [5, 5.41) is 0. The van der Waals surface area contributed by atoms with E-state index in [-0.39, 0.29) is 6.04 Å². The van der Waals surface area contributed by atoms with Gasteiger partial charge in [-0.05, 0) is 55.2 Å². The Morgan fingerprint density at radius 3 is 2.75 bits per heavy atom. The number of halogens is 1. The first-order valence-electron chi connectivity index (χ1n) is 7.07. The molecule has 0 radical (unpaired) electrons. The zero-order valence-electron chi connectivity index (χ0n) is 11.6. The van der Waals surface area contributed by atoms with Crippen molar-refractivity contribution in [1.29, 1.82) is 0 Å². The molecule has 0 aliphatic carbocycles. The van der Waals surface area contributed by atoms with Crippen LogP contribution in [0.15, 0.2) is 46.9 Å². The van der Waals surface area contributed by atoms with Crippen LogP contribution in [-0.4, -0.2) is 6.54 Å². The minimum atomic E-state index is 0.0246. The second-order valence-electron chi connectivity index (χ2n) is 5.38. The molecule has 1 heterocycles. The standard InChI is InChI=1S/C17H19BrN2/c1-12(19)15-11-14(18)8-9-17(15)20-10-4-6-13-5-2-3-7-16(13)20/h2-3,5,7-9,11-12H,4,6,10,19H2,1H3. The Labute approximate surface area is 128 Å². The second kappa shape index (κ2) is 5.58. The van der Waals surface area contributed by atoms with Gasteiger partial charge in [0.2, 0.25) is 0 Å². The van der Waals surface area contributed by atoms with E-state index in [1.165, 1.54) is 28.9 Å². The number of anilines is 2. The molecule has 104 valence electrons. The van der Waals surface area contributed by atoms with Crippen molar-refractivity contribution in [2.45, 2.75) is 25.8 Å². The van der Waals surface area contributed by atoms with Gasteiger partial charge in [-0.25, -0.2) is 0 Å². The number of nitrogens with zero attached hydrogens (tertiary/aromatic N) is 1. The maximum absolute atomic E-state index is 6.16.